The highest BCUT2D eigenvalue weighted by Gasteiger charge is 2.15. The van der Waals surface area contributed by atoms with Crippen LogP contribution in [-0.2, 0) is 6.54 Å². The van der Waals surface area contributed by atoms with Crippen molar-refractivity contribution in [2.45, 2.75) is 26.4 Å². The third-order valence-corrected chi connectivity index (χ3v) is 3.69. The van der Waals surface area contributed by atoms with E-state index in [4.69, 9.17) is 5.73 Å². The van der Waals surface area contributed by atoms with E-state index in [0.717, 1.165) is 0 Å². The molecule has 0 unspecified atom stereocenters. The van der Waals surface area contributed by atoms with Crippen LogP contribution in [0.15, 0.2) is 36.8 Å². The number of anilines is 1. The minimum atomic E-state index is -0.424. The number of carbonyl (C=O) groups is 1. The van der Waals surface area contributed by atoms with E-state index in [-0.39, 0.29) is 29.8 Å². The standard InChI is InChI=1S/C17H18FN7O/c1-10(2)25-14(22-9-23-25)8-21-17(26)13-7-20-16(24-15(13)19)11-4-3-5-12(18)6-11/h3-7,9-10H,8H2,1-2H3,(H,21,26)(H2,19,20,24). The first kappa shape index (κ1) is 17.5. The van der Waals surface area contributed by atoms with Gasteiger partial charge >= 0.3 is 0 Å². The van der Waals surface area contributed by atoms with E-state index in [1.165, 1.54) is 24.7 Å². The zero-order chi connectivity index (χ0) is 18.7. The van der Waals surface area contributed by atoms with Crippen molar-refractivity contribution in [1.29, 1.82) is 0 Å². The van der Waals surface area contributed by atoms with Crippen LogP contribution in [0.4, 0.5) is 10.2 Å². The molecule has 3 rings (SSSR count). The fourth-order valence-electron chi connectivity index (χ4n) is 2.42. The van der Waals surface area contributed by atoms with Crippen LogP contribution in [0.1, 0.15) is 36.1 Å². The van der Waals surface area contributed by atoms with Gasteiger partial charge in [-0.3, -0.25) is 4.79 Å². The van der Waals surface area contributed by atoms with E-state index in [1.54, 1.807) is 16.8 Å². The molecule has 2 heterocycles. The SMILES string of the molecule is CC(C)n1ncnc1CNC(=O)c1cnc(-c2cccc(F)c2)nc1N. The Morgan fingerprint density at radius 1 is 1.35 bits per heavy atom. The Morgan fingerprint density at radius 2 is 2.15 bits per heavy atom. The summed E-state index contributed by atoms with van der Waals surface area (Å²) >= 11 is 0. The van der Waals surface area contributed by atoms with Crippen molar-refractivity contribution in [3.63, 3.8) is 0 Å². The van der Waals surface area contributed by atoms with Gasteiger partial charge in [0, 0.05) is 17.8 Å². The molecule has 2 aromatic heterocycles. The summed E-state index contributed by atoms with van der Waals surface area (Å²) in [4.78, 5) is 24.7. The fourth-order valence-corrected chi connectivity index (χ4v) is 2.42. The molecule has 0 bridgehead atoms. The molecule has 1 aromatic carbocycles. The maximum absolute atomic E-state index is 13.3. The van der Waals surface area contributed by atoms with Crippen molar-refractivity contribution in [1.82, 2.24) is 30.0 Å². The largest absolute Gasteiger partial charge is 0.383 e. The van der Waals surface area contributed by atoms with Gasteiger partial charge in [0.05, 0.1) is 12.1 Å². The molecule has 3 aromatic rings. The number of aromatic nitrogens is 5. The van der Waals surface area contributed by atoms with E-state index in [9.17, 15) is 9.18 Å². The number of hydrogen-bond donors (Lipinski definition) is 2. The van der Waals surface area contributed by atoms with Crippen molar-refractivity contribution in [2.24, 2.45) is 0 Å². The first-order chi connectivity index (χ1) is 12.5. The van der Waals surface area contributed by atoms with E-state index in [0.29, 0.717) is 11.4 Å². The van der Waals surface area contributed by atoms with E-state index in [1.807, 2.05) is 13.8 Å². The zero-order valence-corrected chi connectivity index (χ0v) is 14.3. The quantitative estimate of drug-likeness (QED) is 0.724. The molecule has 0 spiro atoms. The van der Waals surface area contributed by atoms with Gasteiger partial charge in [-0.15, -0.1) is 0 Å². The van der Waals surface area contributed by atoms with E-state index in [2.05, 4.69) is 25.4 Å². The van der Waals surface area contributed by atoms with Crippen molar-refractivity contribution in [3.05, 3.63) is 54.0 Å². The summed E-state index contributed by atoms with van der Waals surface area (Å²) in [5.41, 5.74) is 6.51. The predicted molar refractivity (Wildman–Crippen MR) is 93.4 cm³/mol. The molecule has 134 valence electrons. The predicted octanol–water partition coefficient (Wildman–Crippen LogP) is 1.97. The second kappa shape index (κ2) is 7.26. The second-order valence-corrected chi connectivity index (χ2v) is 5.90. The fraction of sp³-hybridized carbons (Fsp3) is 0.235. The average molecular weight is 355 g/mol. The Balaban J connectivity index is 1.75. The summed E-state index contributed by atoms with van der Waals surface area (Å²) in [7, 11) is 0. The molecule has 0 aliphatic rings. The lowest BCUT2D eigenvalue weighted by Crippen LogP contribution is -2.26. The number of nitrogens with one attached hydrogen (secondary N) is 1. The van der Waals surface area contributed by atoms with Crippen LogP contribution in [-0.4, -0.2) is 30.6 Å². The van der Waals surface area contributed by atoms with Crippen molar-refractivity contribution < 1.29 is 9.18 Å². The summed E-state index contributed by atoms with van der Waals surface area (Å²) in [5, 5.41) is 6.83. The van der Waals surface area contributed by atoms with E-state index < -0.39 is 11.7 Å². The smallest absolute Gasteiger partial charge is 0.256 e. The lowest BCUT2D eigenvalue weighted by Gasteiger charge is -2.11. The maximum atomic E-state index is 13.3. The molecule has 0 saturated carbocycles. The Morgan fingerprint density at radius 3 is 2.85 bits per heavy atom. The lowest BCUT2D eigenvalue weighted by atomic mass is 10.2. The number of nitrogens with zero attached hydrogens (tertiary/aromatic N) is 5. The van der Waals surface area contributed by atoms with Gasteiger partial charge in [-0.25, -0.2) is 24.0 Å². The highest BCUT2D eigenvalue weighted by atomic mass is 19.1. The summed E-state index contributed by atoms with van der Waals surface area (Å²) in [5.74, 6) is 0.0664. The molecule has 9 heteroatoms. The number of hydrogen-bond acceptors (Lipinski definition) is 6. The number of nitrogen functional groups attached to an aromatic ring is 1. The minimum Gasteiger partial charge on any atom is -0.383 e. The third kappa shape index (κ3) is 3.66. The Labute approximate surface area is 149 Å². The number of rotatable bonds is 5. The number of halogens is 1. The highest BCUT2D eigenvalue weighted by molar-refractivity contribution is 5.98. The van der Waals surface area contributed by atoms with Gasteiger partial charge in [-0.05, 0) is 26.0 Å². The first-order valence-electron chi connectivity index (χ1n) is 8.00. The average Bonchev–Trinajstić information content (AvgIpc) is 3.08. The second-order valence-electron chi connectivity index (χ2n) is 5.90. The van der Waals surface area contributed by atoms with Crippen LogP contribution in [0.5, 0.6) is 0 Å². The maximum Gasteiger partial charge on any atom is 0.256 e. The summed E-state index contributed by atoms with van der Waals surface area (Å²) in [6.45, 7) is 4.13. The van der Waals surface area contributed by atoms with Gasteiger partial charge in [0.1, 0.15) is 23.8 Å². The molecule has 0 aliphatic carbocycles. The molecule has 0 fully saturated rings. The molecule has 26 heavy (non-hydrogen) atoms. The topological polar surface area (TPSA) is 112 Å². The summed E-state index contributed by atoms with van der Waals surface area (Å²) < 4.78 is 15.0. The molecular formula is C17H18FN7O. The van der Waals surface area contributed by atoms with Gasteiger partial charge in [0.25, 0.3) is 5.91 Å². The number of carbonyl (C=O) groups excluding carboxylic acids is 1. The molecular weight excluding hydrogens is 337 g/mol. The van der Waals surface area contributed by atoms with Gasteiger partial charge in [-0.2, -0.15) is 5.10 Å². The normalized spacial score (nSPS) is 10.9. The molecule has 0 aliphatic heterocycles. The molecule has 1 amide bonds. The van der Waals surface area contributed by atoms with Gasteiger partial charge in [0.2, 0.25) is 0 Å². The molecule has 0 atom stereocenters. The third-order valence-electron chi connectivity index (χ3n) is 3.69. The van der Waals surface area contributed by atoms with Crippen LogP contribution >= 0.6 is 0 Å². The van der Waals surface area contributed by atoms with Gasteiger partial charge in [-0.1, -0.05) is 12.1 Å². The van der Waals surface area contributed by atoms with E-state index >= 15 is 0 Å². The lowest BCUT2D eigenvalue weighted by molar-refractivity contribution is 0.0949. The summed E-state index contributed by atoms with van der Waals surface area (Å²) in [6.07, 6.45) is 2.76. The van der Waals surface area contributed by atoms with Crippen LogP contribution in [0.3, 0.4) is 0 Å². The Bertz CT molecular complexity index is 938. The minimum absolute atomic E-state index is 0.0158. The zero-order valence-electron chi connectivity index (χ0n) is 14.3. The number of nitrogens with two attached hydrogens (primary N) is 1. The molecule has 8 nitrogen and oxygen atoms in total. The van der Waals surface area contributed by atoms with Gasteiger partial charge in [0.15, 0.2) is 5.82 Å². The van der Waals surface area contributed by atoms with Crippen molar-refractivity contribution >= 4 is 11.7 Å². The summed E-state index contributed by atoms with van der Waals surface area (Å²) in [6, 6.07) is 5.97. The Hall–Kier alpha value is -3.36. The van der Waals surface area contributed by atoms with Crippen molar-refractivity contribution in [3.8, 4) is 11.4 Å². The van der Waals surface area contributed by atoms with Crippen LogP contribution in [0, 0.1) is 5.82 Å². The van der Waals surface area contributed by atoms with Crippen LogP contribution < -0.4 is 11.1 Å². The molecule has 3 N–H and O–H groups in total. The van der Waals surface area contributed by atoms with Crippen molar-refractivity contribution in [2.75, 3.05) is 5.73 Å². The number of amides is 1. The van der Waals surface area contributed by atoms with Gasteiger partial charge < -0.3 is 11.1 Å². The molecule has 0 saturated heterocycles. The van der Waals surface area contributed by atoms with Crippen LogP contribution in [0.25, 0.3) is 11.4 Å². The van der Waals surface area contributed by atoms with Crippen LogP contribution in [0.2, 0.25) is 0 Å². The molecule has 0 radical (unpaired) electrons. The monoisotopic (exact) mass is 355 g/mol. The Kier molecular flexibility index (Phi) is 4.87. The first-order valence-corrected chi connectivity index (χ1v) is 8.00. The number of benzene rings is 1. The highest BCUT2D eigenvalue weighted by Crippen LogP contribution is 2.18.